The number of rotatable bonds is 37. The van der Waals surface area contributed by atoms with Crippen LogP contribution in [0.15, 0.2) is 48.6 Å². The van der Waals surface area contributed by atoms with E-state index in [2.05, 4.69) is 50.3 Å². The zero-order valence-corrected chi connectivity index (χ0v) is 35.4. The van der Waals surface area contributed by atoms with E-state index in [1.54, 1.807) is 0 Å². The molecule has 0 saturated carbocycles. The van der Waals surface area contributed by atoms with Crippen molar-refractivity contribution in [3.05, 3.63) is 48.6 Å². The van der Waals surface area contributed by atoms with Crippen LogP contribution in [0.4, 0.5) is 0 Å². The van der Waals surface area contributed by atoms with Gasteiger partial charge in [0.1, 0.15) is 19.8 Å². The lowest BCUT2D eigenvalue weighted by Crippen LogP contribution is -2.37. The highest BCUT2D eigenvalue weighted by Gasteiger charge is 2.27. The molecule has 2 atom stereocenters. The van der Waals surface area contributed by atoms with Crippen LogP contribution in [0.3, 0.4) is 0 Å². The topological polar surface area (TPSA) is 108 Å². The first-order valence-corrected chi connectivity index (χ1v) is 22.4. The van der Waals surface area contributed by atoms with E-state index in [9.17, 15) is 19.0 Å². The zero-order valence-electron chi connectivity index (χ0n) is 34.5. The standard InChI is InChI=1S/C43H78NO8P/c1-6-8-10-12-14-16-18-20-21-22-24-25-27-29-31-33-35-42(45)49-39-41(40-51-53(47,48)50-38-37-44(3,4)5)52-43(46)36-34-32-30-28-26-23-19-17-15-13-11-9-7-2/h21-26,30,32,41H,6-20,27-29,31,33-40H2,1-5H3/p+1/b22-21+,25-24+,26-23+,32-30+. The van der Waals surface area contributed by atoms with E-state index in [1.807, 2.05) is 33.3 Å². The molecule has 0 heterocycles. The average molecular weight is 769 g/mol. The summed E-state index contributed by atoms with van der Waals surface area (Å²) in [5, 5.41) is 0. The number of hydrogen-bond acceptors (Lipinski definition) is 7. The van der Waals surface area contributed by atoms with Gasteiger partial charge in [-0.1, -0.05) is 140 Å². The molecule has 0 spiro atoms. The van der Waals surface area contributed by atoms with Crippen LogP contribution in [0.25, 0.3) is 0 Å². The number of hydrogen-bond donors (Lipinski definition) is 1. The molecule has 2 unspecified atom stereocenters. The second kappa shape index (κ2) is 35.7. The lowest BCUT2D eigenvalue weighted by atomic mass is 10.1. The molecule has 0 amide bonds. The maximum atomic E-state index is 12.6. The van der Waals surface area contributed by atoms with Gasteiger partial charge in [0.05, 0.1) is 27.7 Å². The maximum Gasteiger partial charge on any atom is 0.472 e. The number of phosphoric acid groups is 1. The molecule has 9 nitrogen and oxygen atoms in total. The minimum Gasteiger partial charge on any atom is -0.462 e. The highest BCUT2D eigenvalue weighted by atomic mass is 31.2. The molecular formula is C43H79NO8P+. The number of carbonyl (C=O) groups excluding carboxylic acids is 2. The first kappa shape index (κ1) is 51.0. The molecular weight excluding hydrogens is 689 g/mol. The molecule has 0 saturated heterocycles. The Hall–Kier alpha value is -2.03. The Labute approximate surface area is 324 Å². The van der Waals surface area contributed by atoms with Crippen molar-refractivity contribution in [2.45, 2.75) is 168 Å². The summed E-state index contributed by atoms with van der Waals surface area (Å²) in [6.45, 7) is 4.29. The first-order chi connectivity index (χ1) is 25.5. The van der Waals surface area contributed by atoms with Gasteiger partial charge in [0, 0.05) is 12.8 Å². The van der Waals surface area contributed by atoms with E-state index in [0.29, 0.717) is 23.9 Å². The number of phosphoric ester groups is 1. The van der Waals surface area contributed by atoms with Gasteiger partial charge in [-0.15, -0.1) is 0 Å². The van der Waals surface area contributed by atoms with Gasteiger partial charge in [-0.25, -0.2) is 4.57 Å². The summed E-state index contributed by atoms with van der Waals surface area (Å²) < 4.78 is 34.1. The monoisotopic (exact) mass is 769 g/mol. The van der Waals surface area contributed by atoms with Crippen molar-refractivity contribution in [3.8, 4) is 0 Å². The number of ether oxygens (including phenoxy) is 2. The first-order valence-electron chi connectivity index (χ1n) is 20.9. The van der Waals surface area contributed by atoms with E-state index in [4.69, 9.17) is 18.5 Å². The molecule has 0 aliphatic heterocycles. The quantitative estimate of drug-likeness (QED) is 0.0166. The Balaban J connectivity index is 4.51. The van der Waals surface area contributed by atoms with Gasteiger partial charge < -0.3 is 18.9 Å². The second-order valence-corrected chi connectivity index (χ2v) is 16.5. The Kier molecular flexibility index (Phi) is 34.3. The Morgan fingerprint density at radius 1 is 0.604 bits per heavy atom. The molecule has 0 aliphatic rings. The fraction of sp³-hybridized carbons (Fsp3) is 0.767. The number of nitrogens with zero attached hydrogens (tertiary/aromatic N) is 1. The molecule has 0 aromatic heterocycles. The van der Waals surface area contributed by atoms with Gasteiger partial charge in [-0.2, -0.15) is 0 Å². The van der Waals surface area contributed by atoms with E-state index < -0.39 is 32.5 Å². The highest BCUT2D eigenvalue weighted by Crippen LogP contribution is 2.43. The van der Waals surface area contributed by atoms with Crippen molar-refractivity contribution in [2.75, 3.05) is 47.5 Å². The average Bonchev–Trinajstić information content (AvgIpc) is 3.10. The van der Waals surface area contributed by atoms with Crippen LogP contribution in [0, 0.1) is 0 Å². The van der Waals surface area contributed by atoms with Crippen LogP contribution in [-0.4, -0.2) is 74.9 Å². The third-order valence-electron chi connectivity index (χ3n) is 8.62. The lowest BCUT2D eigenvalue weighted by Gasteiger charge is -2.24. The molecule has 53 heavy (non-hydrogen) atoms. The van der Waals surface area contributed by atoms with Crippen molar-refractivity contribution < 1.29 is 42.1 Å². The zero-order chi connectivity index (χ0) is 39.3. The predicted molar refractivity (Wildman–Crippen MR) is 220 cm³/mol. The molecule has 0 aliphatic carbocycles. The minimum atomic E-state index is -4.39. The molecule has 0 rings (SSSR count). The van der Waals surface area contributed by atoms with Crippen LogP contribution in [0.1, 0.15) is 162 Å². The van der Waals surface area contributed by atoms with Gasteiger partial charge in [0.15, 0.2) is 6.10 Å². The van der Waals surface area contributed by atoms with Crippen molar-refractivity contribution in [2.24, 2.45) is 0 Å². The molecule has 0 fully saturated rings. The maximum absolute atomic E-state index is 12.6. The van der Waals surface area contributed by atoms with E-state index in [-0.39, 0.29) is 26.1 Å². The van der Waals surface area contributed by atoms with Crippen molar-refractivity contribution in [3.63, 3.8) is 0 Å². The Morgan fingerprint density at radius 2 is 1.11 bits per heavy atom. The number of likely N-dealkylation sites (N-methyl/N-ethyl adjacent to an activating group) is 1. The number of allylic oxidation sites excluding steroid dienone is 8. The van der Waals surface area contributed by atoms with Gasteiger partial charge >= 0.3 is 19.8 Å². The van der Waals surface area contributed by atoms with Gasteiger partial charge in [0.2, 0.25) is 0 Å². The number of quaternary nitrogens is 1. The molecule has 0 radical (unpaired) electrons. The number of carbonyl (C=O) groups is 2. The smallest absolute Gasteiger partial charge is 0.462 e. The van der Waals surface area contributed by atoms with Gasteiger partial charge in [-0.3, -0.25) is 18.6 Å². The van der Waals surface area contributed by atoms with Crippen LogP contribution in [0.5, 0.6) is 0 Å². The molecule has 0 aromatic rings. The van der Waals surface area contributed by atoms with E-state index in [1.165, 1.54) is 83.5 Å². The van der Waals surface area contributed by atoms with Crippen molar-refractivity contribution >= 4 is 19.8 Å². The summed E-state index contributed by atoms with van der Waals surface area (Å²) >= 11 is 0. The SMILES string of the molecule is CCCCCCCC/C=C/C/C=C/CCC(=O)OC(COC(=O)CCCCC/C=C/C=C/CCCCCCCCC)COP(=O)(O)OCC[N+](C)(C)C. The normalized spacial score (nSPS) is 14.2. The number of unbranched alkanes of at least 4 members (excludes halogenated alkanes) is 16. The van der Waals surface area contributed by atoms with Crippen molar-refractivity contribution in [1.82, 2.24) is 0 Å². The van der Waals surface area contributed by atoms with E-state index >= 15 is 0 Å². The summed E-state index contributed by atoms with van der Waals surface area (Å²) in [7, 11) is 1.43. The minimum absolute atomic E-state index is 0.0170. The molecule has 1 N–H and O–H groups in total. The Morgan fingerprint density at radius 3 is 1.68 bits per heavy atom. The molecule has 0 aromatic carbocycles. The predicted octanol–water partition coefficient (Wildman–Crippen LogP) is 11.5. The van der Waals surface area contributed by atoms with Crippen LogP contribution < -0.4 is 0 Å². The van der Waals surface area contributed by atoms with Crippen LogP contribution in [0.2, 0.25) is 0 Å². The molecule has 10 heteroatoms. The molecule has 308 valence electrons. The lowest BCUT2D eigenvalue weighted by molar-refractivity contribution is -0.870. The molecule has 0 bridgehead atoms. The third kappa shape index (κ3) is 39.5. The summed E-state index contributed by atoms with van der Waals surface area (Å²) in [6.07, 6.45) is 40.4. The van der Waals surface area contributed by atoms with Gasteiger partial charge in [0.25, 0.3) is 0 Å². The fourth-order valence-electron chi connectivity index (χ4n) is 5.29. The van der Waals surface area contributed by atoms with Gasteiger partial charge in [-0.05, 0) is 57.8 Å². The third-order valence-corrected chi connectivity index (χ3v) is 9.61. The summed E-state index contributed by atoms with van der Waals surface area (Å²) in [6, 6.07) is 0. The van der Waals surface area contributed by atoms with Crippen LogP contribution in [-0.2, 0) is 32.7 Å². The second-order valence-electron chi connectivity index (χ2n) is 15.0. The highest BCUT2D eigenvalue weighted by molar-refractivity contribution is 7.47. The van der Waals surface area contributed by atoms with Crippen molar-refractivity contribution in [1.29, 1.82) is 0 Å². The summed E-state index contributed by atoms with van der Waals surface area (Å²) in [5.74, 6) is -0.911. The summed E-state index contributed by atoms with van der Waals surface area (Å²) in [5.41, 5.74) is 0. The van der Waals surface area contributed by atoms with E-state index in [0.717, 1.165) is 38.5 Å². The Bertz CT molecular complexity index is 1050. The largest absolute Gasteiger partial charge is 0.472 e. The summed E-state index contributed by atoms with van der Waals surface area (Å²) in [4.78, 5) is 35.2. The fourth-order valence-corrected chi connectivity index (χ4v) is 6.03. The van der Waals surface area contributed by atoms with Crippen LogP contribution >= 0.6 is 7.82 Å². The number of esters is 2.